The first kappa shape index (κ1) is 52.2. The second-order valence-electron chi connectivity index (χ2n) is 17.7. The molecular weight excluding hydrogens is 907 g/mol. The van der Waals surface area contributed by atoms with Crippen molar-refractivity contribution in [1.82, 2.24) is 4.90 Å². The van der Waals surface area contributed by atoms with Gasteiger partial charge in [0.15, 0.2) is 24.0 Å². The monoisotopic (exact) mass is 967 g/mol. The molecule has 5 aromatic rings. The SMILES string of the molecule is COC1OC(CO)C(OCc2ccccc2)C(OCc2ccccc2)C1OCCCC(=O)C(=CC(=O)C(OC(C)=O)C(Cc1ccccc1)C(=O)N1C(=O)OC(c2ccccc2)C1C)c1cccc(C)c1. The third kappa shape index (κ3) is 13.6. The molecule has 2 fully saturated rings. The average Bonchev–Trinajstić information content (AvgIpc) is 3.69. The Balaban J connectivity index is 1.14. The number of ketones is 2. The van der Waals surface area contributed by atoms with E-state index in [-0.39, 0.29) is 51.3 Å². The summed E-state index contributed by atoms with van der Waals surface area (Å²) in [5, 5.41) is 10.5. The van der Waals surface area contributed by atoms with Crippen LogP contribution in [0.1, 0.15) is 66.2 Å². The first-order valence-electron chi connectivity index (χ1n) is 23.8. The lowest BCUT2D eigenvalue weighted by atomic mass is 9.87. The molecule has 2 heterocycles. The summed E-state index contributed by atoms with van der Waals surface area (Å²) in [5.74, 6) is -4.26. The van der Waals surface area contributed by atoms with E-state index in [1.807, 2.05) is 79.7 Å². The lowest BCUT2D eigenvalue weighted by molar-refractivity contribution is -0.319. The third-order valence-corrected chi connectivity index (χ3v) is 12.5. The summed E-state index contributed by atoms with van der Waals surface area (Å²) in [7, 11) is 1.47. The maximum Gasteiger partial charge on any atom is 0.417 e. The minimum absolute atomic E-state index is 0.0207. The van der Waals surface area contributed by atoms with Gasteiger partial charge in [0.1, 0.15) is 30.5 Å². The standard InChI is InChI=1S/C57H61NO13/c1-37-19-17-28-44(31-37)45(33-48(62)51(69-39(3)60)46(32-40-20-9-5-10-21-40)55(63)58-38(2)50(71-57(58)64)43-26-15-8-16-27-43)47(61)29-18-30-66-54-53(68-36-42-24-13-7-14-25-42)52(49(34-59)70-56(54)65-4)67-35-41-22-11-6-12-23-41/h5-17,19-28,31,33,38,46,49-54,56,59H,18,29-30,32,34-36H2,1-4H3. The van der Waals surface area contributed by atoms with E-state index < -0.39 is 84.4 Å². The molecular formula is C57H61NO13. The summed E-state index contributed by atoms with van der Waals surface area (Å²) >= 11 is 0. The van der Waals surface area contributed by atoms with Crippen LogP contribution in [-0.2, 0) is 72.0 Å². The number of benzene rings is 5. The second-order valence-corrected chi connectivity index (χ2v) is 17.7. The Bertz CT molecular complexity index is 2570. The van der Waals surface area contributed by atoms with Crippen molar-refractivity contribution in [3.05, 3.63) is 185 Å². The van der Waals surface area contributed by atoms with Crippen molar-refractivity contribution < 1.29 is 62.2 Å². The van der Waals surface area contributed by atoms with Crippen LogP contribution in [0.15, 0.2) is 152 Å². The van der Waals surface area contributed by atoms with Gasteiger partial charge in [-0.1, -0.05) is 151 Å². The van der Waals surface area contributed by atoms with Crippen LogP contribution in [0.25, 0.3) is 5.57 Å². The Kier molecular flexibility index (Phi) is 18.7. The molecule has 2 saturated heterocycles. The van der Waals surface area contributed by atoms with Crippen LogP contribution >= 0.6 is 0 Å². The Hall–Kier alpha value is -6.65. The molecule has 9 atom stereocenters. The summed E-state index contributed by atoms with van der Waals surface area (Å²) in [6.45, 7) is 4.71. The van der Waals surface area contributed by atoms with Crippen LogP contribution < -0.4 is 0 Å². The molecule has 2 aliphatic heterocycles. The van der Waals surface area contributed by atoms with Gasteiger partial charge in [-0.2, -0.15) is 0 Å². The summed E-state index contributed by atoms with van der Waals surface area (Å²) in [4.78, 5) is 71.5. The van der Waals surface area contributed by atoms with Crippen LogP contribution in [0.5, 0.6) is 0 Å². The number of Topliss-reactive ketones (excluding diaryl/α,β-unsaturated/α-hetero) is 1. The van der Waals surface area contributed by atoms with Gasteiger partial charge in [-0.3, -0.25) is 19.2 Å². The number of amides is 2. The fraction of sp³-hybridized carbons (Fsp3) is 0.351. The first-order chi connectivity index (χ1) is 34.4. The van der Waals surface area contributed by atoms with Crippen molar-refractivity contribution in [2.45, 2.75) is 102 Å². The van der Waals surface area contributed by atoms with Crippen molar-refractivity contribution in [1.29, 1.82) is 0 Å². The molecule has 14 nitrogen and oxygen atoms in total. The van der Waals surface area contributed by atoms with E-state index in [1.54, 1.807) is 79.7 Å². The number of carbonyl (C=O) groups excluding carboxylic acids is 5. The normalized spacial score (nSPS) is 22.0. The number of nitrogens with zero attached hydrogens (tertiary/aromatic N) is 1. The zero-order valence-corrected chi connectivity index (χ0v) is 40.4. The Morgan fingerprint density at radius 2 is 1.34 bits per heavy atom. The zero-order chi connectivity index (χ0) is 50.3. The van der Waals surface area contributed by atoms with Gasteiger partial charge in [0.2, 0.25) is 5.91 Å². The van der Waals surface area contributed by atoms with E-state index in [2.05, 4.69) is 0 Å². The number of hydrogen-bond acceptors (Lipinski definition) is 13. The molecule has 0 bridgehead atoms. The van der Waals surface area contributed by atoms with Gasteiger partial charge in [-0.25, -0.2) is 9.69 Å². The van der Waals surface area contributed by atoms with Crippen LogP contribution in [-0.4, -0.2) is 103 Å². The second kappa shape index (κ2) is 25.5. The summed E-state index contributed by atoms with van der Waals surface area (Å²) in [6, 6.07) is 43.4. The van der Waals surface area contributed by atoms with Crippen LogP contribution in [0.3, 0.4) is 0 Å². The topological polar surface area (TPSA) is 173 Å². The Morgan fingerprint density at radius 3 is 1.92 bits per heavy atom. The van der Waals surface area contributed by atoms with Gasteiger partial charge in [-0.05, 0) is 60.6 Å². The molecule has 0 saturated carbocycles. The number of aliphatic hydroxyl groups excluding tert-OH is 1. The molecule has 0 radical (unpaired) electrons. The molecule has 0 spiro atoms. The summed E-state index contributed by atoms with van der Waals surface area (Å²) in [5.41, 5.74) is 4.41. The van der Waals surface area contributed by atoms with Crippen molar-refractivity contribution in [3.63, 3.8) is 0 Å². The van der Waals surface area contributed by atoms with Crippen LogP contribution in [0.2, 0.25) is 0 Å². The number of aliphatic hydroxyl groups is 1. The maximum atomic E-state index is 14.8. The van der Waals surface area contributed by atoms with Crippen molar-refractivity contribution in [2.75, 3.05) is 20.3 Å². The largest absolute Gasteiger partial charge is 0.453 e. The van der Waals surface area contributed by atoms with Crippen LogP contribution in [0.4, 0.5) is 4.79 Å². The molecule has 14 heteroatoms. The molecule has 5 aromatic carbocycles. The van der Waals surface area contributed by atoms with Gasteiger partial charge in [0.05, 0.1) is 31.8 Å². The highest BCUT2D eigenvalue weighted by Gasteiger charge is 2.50. The number of aryl methyl sites for hydroxylation is 1. The number of hydrogen-bond donors (Lipinski definition) is 1. The molecule has 1 N–H and O–H groups in total. The van der Waals surface area contributed by atoms with E-state index in [4.69, 9.17) is 33.2 Å². The van der Waals surface area contributed by atoms with Gasteiger partial charge < -0.3 is 38.3 Å². The van der Waals surface area contributed by atoms with E-state index in [1.165, 1.54) is 7.11 Å². The third-order valence-electron chi connectivity index (χ3n) is 12.5. The number of cyclic esters (lactones) is 1. The van der Waals surface area contributed by atoms with Crippen molar-refractivity contribution in [2.24, 2.45) is 5.92 Å². The quantitative estimate of drug-likeness (QED) is 0.0378. The minimum Gasteiger partial charge on any atom is -0.453 e. The number of imide groups is 1. The van der Waals surface area contributed by atoms with E-state index in [0.717, 1.165) is 34.6 Å². The van der Waals surface area contributed by atoms with Crippen molar-refractivity contribution >= 4 is 35.1 Å². The fourth-order valence-electron chi connectivity index (χ4n) is 9.00. The number of esters is 1. The van der Waals surface area contributed by atoms with Crippen LogP contribution in [0, 0.1) is 12.8 Å². The molecule has 0 aliphatic carbocycles. The Morgan fingerprint density at radius 1 is 0.746 bits per heavy atom. The molecule has 71 heavy (non-hydrogen) atoms. The number of carbonyl (C=O) groups is 5. The highest BCUT2D eigenvalue weighted by atomic mass is 16.7. The highest BCUT2D eigenvalue weighted by molar-refractivity contribution is 6.25. The predicted octanol–water partition coefficient (Wildman–Crippen LogP) is 8.12. The molecule has 9 unspecified atom stereocenters. The predicted molar refractivity (Wildman–Crippen MR) is 262 cm³/mol. The zero-order valence-electron chi connectivity index (χ0n) is 40.4. The molecule has 0 aromatic heterocycles. The molecule has 372 valence electrons. The smallest absolute Gasteiger partial charge is 0.417 e. The van der Waals surface area contributed by atoms with Gasteiger partial charge in [0, 0.05) is 32.6 Å². The fourth-order valence-corrected chi connectivity index (χ4v) is 9.00. The molecule has 7 rings (SSSR count). The average molecular weight is 968 g/mol. The molecule has 2 aliphatic rings. The van der Waals surface area contributed by atoms with E-state index >= 15 is 0 Å². The maximum absolute atomic E-state index is 14.8. The summed E-state index contributed by atoms with van der Waals surface area (Å²) < 4.78 is 42.9. The van der Waals surface area contributed by atoms with Crippen molar-refractivity contribution in [3.8, 4) is 0 Å². The number of methoxy groups -OCH3 is 1. The minimum atomic E-state index is -1.74. The van der Waals surface area contributed by atoms with E-state index in [9.17, 15) is 29.1 Å². The van der Waals surface area contributed by atoms with Gasteiger partial charge >= 0.3 is 12.1 Å². The number of allylic oxidation sites excluding steroid dienone is 1. The number of ether oxygens (including phenoxy) is 7. The van der Waals surface area contributed by atoms with E-state index in [0.29, 0.717) is 16.7 Å². The Labute approximate surface area is 414 Å². The highest BCUT2D eigenvalue weighted by Crippen LogP contribution is 2.36. The summed E-state index contributed by atoms with van der Waals surface area (Å²) in [6.07, 6.45) is -6.52. The lowest BCUT2D eigenvalue weighted by Crippen LogP contribution is -2.61. The lowest BCUT2D eigenvalue weighted by Gasteiger charge is -2.45. The molecule has 2 amide bonds. The first-order valence-corrected chi connectivity index (χ1v) is 23.8. The number of rotatable bonds is 23. The van der Waals surface area contributed by atoms with Gasteiger partial charge in [0.25, 0.3) is 0 Å². The van der Waals surface area contributed by atoms with Gasteiger partial charge in [-0.15, -0.1) is 0 Å².